The number of rotatable bonds is 11. The summed E-state index contributed by atoms with van der Waals surface area (Å²) in [5, 5.41) is 26.0. The Morgan fingerprint density at radius 2 is 1.94 bits per heavy atom. The van der Waals surface area contributed by atoms with Crippen molar-refractivity contribution in [1.82, 2.24) is 19.9 Å². The SMILES string of the molecule is CS(=O)(=O)NCC(=O)NC(C(=O)O)C1(O)CCN(C(=O)CCCCc2ccc3c(n2)NCCC3)CC1. The number of pyridine rings is 1. The van der Waals surface area contributed by atoms with Crippen LogP contribution in [0.4, 0.5) is 5.82 Å². The largest absolute Gasteiger partial charge is 0.480 e. The second kappa shape index (κ2) is 12.0. The Hall–Kier alpha value is -2.77. The predicted molar refractivity (Wildman–Crippen MR) is 132 cm³/mol. The summed E-state index contributed by atoms with van der Waals surface area (Å²) >= 11 is 0. The molecule has 0 bridgehead atoms. The Labute approximate surface area is 210 Å². The second-order valence-electron chi connectivity index (χ2n) is 9.46. The van der Waals surface area contributed by atoms with Crippen molar-refractivity contribution < 1.29 is 33.0 Å². The molecule has 200 valence electrons. The van der Waals surface area contributed by atoms with E-state index in [1.807, 2.05) is 10.8 Å². The summed E-state index contributed by atoms with van der Waals surface area (Å²) in [6, 6.07) is 2.52. The summed E-state index contributed by atoms with van der Waals surface area (Å²) in [6.45, 7) is 0.618. The highest BCUT2D eigenvalue weighted by molar-refractivity contribution is 7.88. The summed E-state index contributed by atoms with van der Waals surface area (Å²) in [6.07, 6.45) is 5.58. The van der Waals surface area contributed by atoms with E-state index in [0.717, 1.165) is 50.0 Å². The lowest BCUT2D eigenvalue weighted by Gasteiger charge is -2.41. The summed E-state index contributed by atoms with van der Waals surface area (Å²) in [4.78, 5) is 42.6. The van der Waals surface area contributed by atoms with Crippen LogP contribution >= 0.6 is 0 Å². The van der Waals surface area contributed by atoms with E-state index >= 15 is 0 Å². The third kappa shape index (κ3) is 7.87. The number of carbonyl (C=O) groups excluding carboxylic acids is 2. The van der Waals surface area contributed by atoms with Crippen molar-refractivity contribution in [1.29, 1.82) is 0 Å². The molecule has 36 heavy (non-hydrogen) atoms. The van der Waals surface area contributed by atoms with Crippen LogP contribution in [0, 0.1) is 0 Å². The Kier molecular flexibility index (Phi) is 9.25. The van der Waals surface area contributed by atoms with Gasteiger partial charge in [0.2, 0.25) is 21.8 Å². The van der Waals surface area contributed by atoms with Gasteiger partial charge in [-0.1, -0.05) is 6.07 Å². The van der Waals surface area contributed by atoms with E-state index in [-0.39, 0.29) is 31.8 Å². The maximum absolute atomic E-state index is 12.6. The first-order valence-electron chi connectivity index (χ1n) is 12.2. The average molecular weight is 526 g/mol. The molecule has 1 atom stereocenters. The van der Waals surface area contributed by atoms with E-state index in [1.165, 1.54) is 5.56 Å². The monoisotopic (exact) mass is 525 g/mol. The molecule has 2 amide bonds. The van der Waals surface area contributed by atoms with E-state index in [9.17, 15) is 33.0 Å². The molecule has 3 heterocycles. The first-order chi connectivity index (χ1) is 17.0. The van der Waals surface area contributed by atoms with Gasteiger partial charge in [-0.2, -0.15) is 0 Å². The van der Waals surface area contributed by atoms with Crippen LogP contribution in [0.5, 0.6) is 0 Å². The first kappa shape index (κ1) is 27.8. The molecule has 1 unspecified atom stereocenters. The summed E-state index contributed by atoms with van der Waals surface area (Å²) < 4.78 is 24.3. The third-order valence-corrected chi connectivity index (χ3v) is 7.26. The summed E-state index contributed by atoms with van der Waals surface area (Å²) in [5.74, 6) is -1.41. The number of unbranched alkanes of at least 4 members (excludes halogenated alkanes) is 1. The minimum atomic E-state index is -3.63. The highest BCUT2D eigenvalue weighted by atomic mass is 32.2. The van der Waals surface area contributed by atoms with Crippen molar-refractivity contribution in [2.75, 3.05) is 37.8 Å². The zero-order valence-electron chi connectivity index (χ0n) is 20.5. The number of amides is 2. The molecule has 3 rings (SSSR count). The number of carboxylic acids is 1. The fourth-order valence-corrected chi connectivity index (χ4v) is 4.91. The predicted octanol–water partition coefficient (Wildman–Crippen LogP) is -0.375. The van der Waals surface area contributed by atoms with E-state index in [4.69, 9.17) is 0 Å². The van der Waals surface area contributed by atoms with Crippen LogP contribution in [0.1, 0.15) is 49.8 Å². The highest BCUT2D eigenvalue weighted by Gasteiger charge is 2.45. The van der Waals surface area contributed by atoms with Crippen LogP contribution in [-0.2, 0) is 37.2 Å². The summed E-state index contributed by atoms with van der Waals surface area (Å²) in [5.41, 5.74) is 0.475. The number of anilines is 1. The molecule has 0 aromatic carbocycles. The molecule has 13 heteroatoms. The molecule has 0 radical (unpaired) electrons. The van der Waals surface area contributed by atoms with Crippen molar-refractivity contribution in [3.05, 3.63) is 23.4 Å². The maximum atomic E-state index is 12.6. The number of piperidine rings is 1. The van der Waals surface area contributed by atoms with E-state index in [1.54, 1.807) is 4.90 Å². The van der Waals surface area contributed by atoms with Crippen molar-refractivity contribution in [3.63, 3.8) is 0 Å². The fraction of sp³-hybridized carbons (Fsp3) is 0.652. The average Bonchev–Trinajstić information content (AvgIpc) is 2.83. The van der Waals surface area contributed by atoms with Gasteiger partial charge in [-0.25, -0.2) is 22.9 Å². The third-order valence-electron chi connectivity index (χ3n) is 6.59. The van der Waals surface area contributed by atoms with Crippen LogP contribution < -0.4 is 15.4 Å². The topological polar surface area (TPSA) is 178 Å². The number of sulfonamides is 1. The number of hydrogen-bond acceptors (Lipinski definition) is 8. The van der Waals surface area contributed by atoms with Gasteiger partial charge in [0.15, 0.2) is 6.04 Å². The van der Waals surface area contributed by atoms with Gasteiger partial charge in [0.25, 0.3) is 0 Å². The van der Waals surface area contributed by atoms with Gasteiger partial charge >= 0.3 is 5.97 Å². The number of fused-ring (bicyclic) bond motifs is 1. The quantitative estimate of drug-likeness (QED) is 0.241. The van der Waals surface area contributed by atoms with Crippen molar-refractivity contribution in [2.45, 2.75) is 63.0 Å². The molecule has 1 saturated heterocycles. The van der Waals surface area contributed by atoms with Crippen molar-refractivity contribution >= 4 is 33.6 Å². The number of nitrogens with one attached hydrogen (secondary N) is 3. The Morgan fingerprint density at radius 3 is 2.61 bits per heavy atom. The second-order valence-corrected chi connectivity index (χ2v) is 11.3. The molecule has 1 fully saturated rings. The molecule has 1 aromatic heterocycles. The Bertz CT molecular complexity index is 1070. The normalized spacial score (nSPS) is 18.0. The van der Waals surface area contributed by atoms with Gasteiger partial charge in [-0.3, -0.25) is 9.59 Å². The molecular weight excluding hydrogens is 490 g/mol. The molecular formula is C23H35N5O7S. The number of aryl methyl sites for hydroxylation is 2. The molecule has 1 aromatic rings. The van der Waals surface area contributed by atoms with Gasteiger partial charge in [-0.15, -0.1) is 0 Å². The molecule has 2 aliphatic rings. The van der Waals surface area contributed by atoms with Crippen LogP contribution in [-0.4, -0.2) is 90.4 Å². The number of carboxylic acid groups (broad SMARTS) is 1. The summed E-state index contributed by atoms with van der Waals surface area (Å²) in [7, 11) is -3.63. The lowest BCUT2D eigenvalue weighted by Crippen LogP contribution is -2.62. The fourth-order valence-electron chi connectivity index (χ4n) is 4.52. The van der Waals surface area contributed by atoms with E-state index in [0.29, 0.717) is 12.8 Å². The lowest BCUT2D eigenvalue weighted by molar-refractivity contribution is -0.154. The van der Waals surface area contributed by atoms with E-state index < -0.39 is 40.1 Å². The zero-order valence-corrected chi connectivity index (χ0v) is 21.3. The maximum Gasteiger partial charge on any atom is 0.329 e. The number of carbonyl (C=O) groups is 3. The zero-order chi connectivity index (χ0) is 26.3. The van der Waals surface area contributed by atoms with Gasteiger partial charge in [0, 0.05) is 31.7 Å². The molecule has 5 N–H and O–H groups in total. The molecule has 2 aliphatic heterocycles. The highest BCUT2D eigenvalue weighted by Crippen LogP contribution is 2.27. The van der Waals surface area contributed by atoms with Crippen LogP contribution in [0.3, 0.4) is 0 Å². The minimum Gasteiger partial charge on any atom is -0.480 e. The number of aliphatic carboxylic acids is 1. The van der Waals surface area contributed by atoms with Gasteiger partial charge < -0.3 is 25.7 Å². The standard InChI is InChI=1S/C23H35N5O7S/c1-36(34,35)25-15-18(29)27-20(22(31)32)23(33)10-13-28(14-11-23)19(30)7-3-2-6-17-9-8-16-5-4-12-24-21(16)26-17/h8-9,20,25,33H,2-7,10-15H2,1H3,(H,24,26)(H,27,29)(H,31,32). The number of nitrogens with zero attached hydrogens (tertiary/aromatic N) is 2. The molecule has 0 saturated carbocycles. The first-order valence-corrected chi connectivity index (χ1v) is 14.1. The minimum absolute atomic E-state index is 0.0263. The Balaban J connectivity index is 1.43. The van der Waals surface area contributed by atoms with Crippen molar-refractivity contribution in [2.24, 2.45) is 0 Å². The van der Waals surface area contributed by atoms with Gasteiger partial charge in [0.05, 0.1) is 18.4 Å². The van der Waals surface area contributed by atoms with Gasteiger partial charge in [0.1, 0.15) is 5.82 Å². The van der Waals surface area contributed by atoms with E-state index in [2.05, 4.69) is 21.7 Å². The van der Waals surface area contributed by atoms with Crippen LogP contribution in [0.15, 0.2) is 12.1 Å². The van der Waals surface area contributed by atoms with Crippen molar-refractivity contribution in [3.8, 4) is 0 Å². The number of aliphatic hydroxyl groups is 1. The molecule has 0 spiro atoms. The number of aromatic nitrogens is 1. The van der Waals surface area contributed by atoms with Crippen LogP contribution in [0.2, 0.25) is 0 Å². The lowest BCUT2D eigenvalue weighted by atomic mass is 9.84. The smallest absolute Gasteiger partial charge is 0.329 e. The molecule has 0 aliphatic carbocycles. The van der Waals surface area contributed by atoms with Crippen LogP contribution in [0.25, 0.3) is 0 Å². The number of hydrogen-bond donors (Lipinski definition) is 5. The Morgan fingerprint density at radius 1 is 1.22 bits per heavy atom. The van der Waals surface area contributed by atoms with Gasteiger partial charge in [-0.05, 0) is 56.6 Å². The number of likely N-dealkylation sites (tertiary alicyclic amines) is 1. The molecule has 12 nitrogen and oxygen atoms in total.